The van der Waals surface area contributed by atoms with Gasteiger partial charge in [0.15, 0.2) is 5.16 Å². The summed E-state index contributed by atoms with van der Waals surface area (Å²) >= 11 is 1.60. The Morgan fingerprint density at radius 3 is 2.50 bits per heavy atom. The minimum atomic E-state index is -0.234. The van der Waals surface area contributed by atoms with Crippen molar-refractivity contribution in [2.45, 2.75) is 30.7 Å². The van der Waals surface area contributed by atoms with E-state index in [1.54, 1.807) is 36.4 Å². The molecule has 0 radical (unpaired) electrons. The Labute approximate surface area is 169 Å². The summed E-state index contributed by atoms with van der Waals surface area (Å²) in [4.78, 5) is 12.2. The number of benzene rings is 2. The van der Waals surface area contributed by atoms with Crippen molar-refractivity contribution in [3.05, 3.63) is 77.1 Å². The Balaban J connectivity index is 1.52. The molecule has 2 aromatic carbocycles. The first-order valence-corrected chi connectivity index (χ1v) is 10.0. The molecule has 1 N–H and O–H groups in total. The number of aryl methyl sites for hydroxylation is 1. The molecular weight excluding hydrogens is 370 g/mol. The second kappa shape index (κ2) is 9.32. The minimum absolute atomic E-state index is 0.234. The molecule has 0 bridgehead atoms. The minimum Gasteiger partial charge on any atom is -0.312 e. The molecule has 0 saturated carbocycles. The zero-order valence-corrected chi connectivity index (χ0v) is 17.0. The lowest BCUT2D eigenvalue weighted by Gasteiger charge is -2.05. The first-order chi connectivity index (χ1) is 13.5. The Kier molecular flexibility index (Phi) is 6.60. The molecule has 3 rings (SSSR count). The third-order valence-corrected chi connectivity index (χ3v) is 5.34. The highest BCUT2D eigenvalue weighted by molar-refractivity contribution is 7.98. The summed E-state index contributed by atoms with van der Waals surface area (Å²) in [6, 6.07) is 15.6. The maximum atomic E-state index is 12.2. The second-order valence-electron chi connectivity index (χ2n) is 6.73. The molecule has 0 saturated heterocycles. The normalized spacial score (nSPS) is 11.3. The van der Waals surface area contributed by atoms with Gasteiger partial charge in [-0.1, -0.05) is 62.0 Å². The summed E-state index contributed by atoms with van der Waals surface area (Å²) in [6.07, 6.45) is 3.32. The summed E-state index contributed by atoms with van der Waals surface area (Å²) in [6.45, 7) is 4.31. The Bertz CT molecular complexity index is 946. The van der Waals surface area contributed by atoms with Crippen LogP contribution in [0.2, 0.25) is 0 Å². The highest BCUT2D eigenvalue weighted by atomic mass is 32.2. The van der Waals surface area contributed by atoms with Gasteiger partial charge in [0, 0.05) is 18.4 Å². The van der Waals surface area contributed by atoms with Gasteiger partial charge >= 0.3 is 0 Å². The van der Waals surface area contributed by atoms with E-state index >= 15 is 0 Å². The Morgan fingerprint density at radius 2 is 1.89 bits per heavy atom. The summed E-state index contributed by atoms with van der Waals surface area (Å²) in [5, 5.41) is 12.8. The number of aromatic nitrogens is 3. The number of nitrogens with one attached hydrogen (secondary N) is 1. The fourth-order valence-corrected chi connectivity index (χ4v) is 3.34. The molecule has 0 fully saturated rings. The van der Waals surface area contributed by atoms with Crippen molar-refractivity contribution in [3.63, 3.8) is 0 Å². The number of amides is 1. The summed E-state index contributed by atoms with van der Waals surface area (Å²) in [5.74, 6) is 1.02. The van der Waals surface area contributed by atoms with Gasteiger partial charge in [0.1, 0.15) is 6.33 Å². The molecule has 28 heavy (non-hydrogen) atoms. The van der Waals surface area contributed by atoms with Gasteiger partial charge in [-0.3, -0.25) is 4.79 Å². The van der Waals surface area contributed by atoms with E-state index in [9.17, 15) is 4.79 Å². The number of carbonyl (C=O) groups is 1. The van der Waals surface area contributed by atoms with Crippen molar-refractivity contribution in [1.29, 1.82) is 0 Å². The Morgan fingerprint density at radius 1 is 1.18 bits per heavy atom. The van der Waals surface area contributed by atoms with E-state index in [1.165, 1.54) is 5.56 Å². The van der Waals surface area contributed by atoms with Crippen LogP contribution in [0.1, 0.15) is 46.8 Å². The van der Waals surface area contributed by atoms with Crippen LogP contribution >= 0.6 is 11.8 Å². The van der Waals surface area contributed by atoms with E-state index in [2.05, 4.69) is 46.7 Å². The van der Waals surface area contributed by atoms with Crippen LogP contribution in [0.25, 0.3) is 0 Å². The molecule has 1 amide bonds. The number of hydrogen-bond donors (Lipinski definition) is 1. The van der Waals surface area contributed by atoms with E-state index in [0.29, 0.717) is 11.5 Å². The first-order valence-electron chi connectivity index (χ1n) is 9.02. The highest BCUT2D eigenvalue weighted by Crippen LogP contribution is 2.20. The van der Waals surface area contributed by atoms with Crippen LogP contribution < -0.4 is 5.43 Å². The van der Waals surface area contributed by atoms with E-state index in [0.717, 1.165) is 22.0 Å². The maximum Gasteiger partial charge on any atom is 0.271 e. The molecule has 0 aliphatic heterocycles. The fraction of sp³-hybridized carbons (Fsp3) is 0.238. The lowest BCUT2D eigenvalue weighted by Crippen LogP contribution is -2.17. The van der Waals surface area contributed by atoms with Crippen LogP contribution in [0.15, 0.2) is 65.1 Å². The van der Waals surface area contributed by atoms with Crippen LogP contribution in [-0.4, -0.2) is 26.9 Å². The first kappa shape index (κ1) is 19.8. The molecule has 6 nitrogen and oxygen atoms in total. The molecule has 3 aromatic rings. The third kappa shape index (κ3) is 5.29. The number of thioether (sulfide) groups is 1. The van der Waals surface area contributed by atoms with Gasteiger partial charge in [0.25, 0.3) is 5.91 Å². The molecule has 7 heteroatoms. The number of hydrazone groups is 1. The average Bonchev–Trinajstić information content (AvgIpc) is 3.12. The fourth-order valence-electron chi connectivity index (χ4n) is 2.50. The smallest absolute Gasteiger partial charge is 0.271 e. The zero-order chi connectivity index (χ0) is 19.9. The standard InChI is InChI=1S/C21H23N5OS/c1-15(2)18-8-4-16(5-9-18)12-22-24-20(27)19-10-6-17(7-11-19)13-28-21-25-23-14-26(21)3/h4-12,14-15H,13H2,1-3H3,(H,24,27)/b22-12-. The second-order valence-corrected chi connectivity index (χ2v) is 7.67. The van der Waals surface area contributed by atoms with Gasteiger partial charge in [-0.25, -0.2) is 5.43 Å². The van der Waals surface area contributed by atoms with Crippen LogP contribution in [0.5, 0.6) is 0 Å². The van der Waals surface area contributed by atoms with Crippen LogP contribution in [0.4, 0.5) is 0 Å². The maximum absolute atomic E-state index is 12.2. The van der Waals surface area contributed by atoms with Gasteiger partial charge in [-0.05, 0) is 34.7 Å². The lowest BCUT2D eigenvalue weighted by molar-refractivity contribution is 0.0955. The van der Waals surface area contributed by atoms with Gasteiger partial charge in [-0.15, -0.1) is 10.2 Å². The quantitative estimate of drug-likeness (QED) is 0.374. The summed E-state index contributed by atoms with van der Waals surface area (Å²) < 4.78 is 1.88. The van der Waals surface area contributed by atoms with Gasteiger partial charge in [0.05, 0.1) is 6.21 Å². The molecular formula is C21H23N5OS. The third-order valence-electron chi connectivity index (χ3n) is 4.24. The van der Waals surface area contributed by atoms with Crippen molar-refractivity contribution in [3.8, 4) is 0 Å². The van der Waals surface area contributed by atoms with Crippen molar-refractivity contribution in [2.75, 3.05) is 0 Å². The van der Waals surface area contributed by atoms with E-state index in [1.807, 2.05) is 35.9 Å². The molecule has 1 heterocycles. The number of hydrogen-bond acceptors (Lipinski definition) is 5. The molecule has 0 unspecified atom stereocenters. The molecule has 144 valence electrons. The van der Waals surface area contributed by atoms with Crippen LogP contribution in [-0.2, 0) is 12.8 Å². The average molecular weight is 394 g/mol. The Hall–Kier alpha value is -2.93. The molecule has 0 aliphatic rings. The largest absolute Gasteiger partial charge is 0.312 e. The summed E-state index contributed by atoms with van der Waals surface area (Å²) in [7, 11) is 1.91. The van der Waals surface area contributed by atoms with Crippen molar-refractivity contribution < 1.29 is 4.79 Å². The van der Waals surface area contributed by atoms with Crippen molar-refractivity contribution in [1.82, 2.24) is 20.2 Å². The van der Waals surface area contributed by atoms with Gasteiger partial charge in [-0.2, -0.15) is 5.10 Å². The predicted octanol–water partition coefficient (Wildman–Crippen LogP) is 3.99. The molecule has 0 spiro atoms. The summed E-state index contributed by atoms with van der Waals surface area (Å²) in [5.41, 5.74) is 6.47. The van der Waals surface area contributed by atoms with Gasteiger partial charge < -0.3 is 4.57 Å². The molecule has 0 atom stereocenters. The lowest BCUT2D eigenvalue weighted by atomic mass is 10.0. The van der Waals surface area contributed by atoms with Crippen LogP contribution in [0.3, 0.4) is 0 Å². The predicted molar refractivity (Wildman–Crippen MR) is 113 cm³/mol. The highest BCUT2D eigenvalue weighted by Gasteiger charge is 2.06. The van der Waals surface area contributed by atoms with E-state index in [4.69, 9.17) is 0 Å². The SMILES string of the molecule is CC(C)c1ccc(/C=N\NC(=O)c2ccc(CSc3nncn3C)cc2)cc1. The van der Waals surface area contributed by atoms with Crippen molar-refractivity contribution >= 4 is 23.9 Å². The van der Waals surface area contributed by atoms with Gasteiger partial charge in [0.2, 0.25) is 0 Å². The van der Waals surface area contributed by atoms with Crippen LogP contribution in [0, 0.1) is 0 Å². The zero-order valence-electron chi connectivity index (χ0n) is 16.2. The number of nitrogens with zero attached hydrogens (tertiary/aromatic N) is 4. The molecule has 0 aliphatic carbocycles. The van der Waals surface area contributed by atoms with Crippen molar-refractivity contribution in [2.24, 2.45) is 12.1 Å². The van der Waals surface area contributed by atoms with E-state index in [-0.39, 0.29) is 5.91 Å². The topological polar surface area (TPSA) is 72.2 Å². The molecule has 1 aromatic heterocycles. The monoisotopic (exact) mass is 393 g/mol. The number of rotatable bonds is 7. The van der Waals surface area contributed by atoms with E-state index < -0.39 is 0 Å². The number of carbonyl (C=O) groups excluding carboxylic acids is 1.